The van der Waals surface area contributed by atoms with Gasteiger partial charge in [0.2, 0.25) is 0 Å². The minimum atomic E-state index is -0.514. The van der Waals surface area contributed by atoms with Crippen LogP contribution in [0.1, 0.15) is 10.4 Å². The highest BCUT2D eigenvalue weighted by Crippen LogP contribution is 2.06. The van der Waals surface area contributed by atoms with Crippen LogP contribution in [0.4, 0.5) is 0 Å². The van der Waals surface area contributed by atoms with Gasteiger partial charge < -0.3 is 15.7 Å². The third-order valence-corrected chi connectivity index (χ3v) is 1.89. The van der Waals surface area contributed by atoms with Crippen LogP contribution in [0.2, 0.25) is 0 Å². The summed E-state index contributed by atoms with van der Waals surface area (Å²) in [6.07, 6.45) is 0. The second-order valence-electron chi connectivity index (χ2n) is 3.13. The summed E-state index contributed by atoms with van der Waals surface area (Å²) in [6.45, 7) is 0.740. The number of hydrogen-bond donors (Lipinski definition) is 3. The van der Waals surface area contributed by atoms with Crippen LogP contribution in [-0.4, -0.2) is 41.0 Å². The van der Waals surface area contributed by atoms with Crippen molar-refractivity contribution in [3.05, 3.63) is 28.0 Å². The minimum absolute atomic E-state index is 0.146. The number of nitrogens with one attached hydrogen (secondary N) is 1. The van der Waals surface area contributed by atoms with E-state index in [0.717, 1.165) is 6.07 Å². The number of carbonyl (C=O) groups is 1. The lowest BCUT2D eigenvalue weighted by Gasteiger charge is -2.15. The summed E-state index contributed by atoms with van der Waals surface area (Å²) in [5.41, 5.74) is 4.93. The van der Waals surface area contributed by atoms with Crippen molar-refractivity contribution in [2.45, 2.75) is 0 Å². The quantitative estimate of drug-likeness (QED) is 0.604. The Balaban J connectivity index is 2.96. The number of aromatic nitrogens is 1. The Labute approximate surface area is 86.3 Å². The van der Waals surface area contributed by atoms with Gasteiger partial charge in [-0.1, -0.05) is 0 Å². The topological polar surface area (TPSA) is 99.4 Å². The molecule has 0 atom stereocenters. The molecule has 0 saturated carbocycles. The smallest absolute Gasteiger partial charge is 0.254 e. The van der Waals surface area contributed by atoms with E-state index >= 15 is 0 Å². The largest absolute Gasteiger partial charge is 0.494 e. The summed E-state index contributed by atoms with van der Waals surface area (Å²) in [5, 5.41) is 9.10. The maximum atomic E-state index is 11.6. The molecule has 0 spiro atoms. The van der Waals surface area contributed by atoms with Crippen LogP contribution in [0.25, 0.3) is 0 Å². The number of aromatic hydroxyl groups is 1. The fourth-order valence-corrected chi connectivity index (χ4v) is 1.17. The van der Waals surface area contributed by atoms with Gasteiger partial charge in [-0.15, -0.1) is 0 Å². The second kappa shape index (κ2) is 4.61. The van der Waals surface area contributed by atoms with Gasteiger partial charge in [0, 0.05) is 32.3 Å². The van der Waals surface area contributed by atoms with Gasteiger partial charge in [0.1, 0.15) is 0 Å². The van der Waals surface area contributed by atoms with E-state index in [1.54, 1.807) is 7.05 Å². The summed E-state index contributed by atoms with van der Waals surface area (Å²) in [4.78, 5) is 26.2. The van der Waals surface area contributed by atoms with Crippen molar-refractivity contribution >= 4 is 5.91 Å². The third-order valence-electron chi connectivity index (χ3n) is 1.89. The average Bonchev–Trinajstić information content (AvgIpc) is 2.15. The van der Waals surface area contributed by atoms with Crippen molar-refractivity contribution in [1.29, 1.82) is 0 Å². The highest BCUT2D eigenvalue weighted by Gasteiger charge is 2.12. The Kier molecular flexibility index (Phi) is 3.46. The number of likely N-dealkylation sites (N-methyl/N-ethyl adjacent to an activating group) is 1. The molecular weight excluding hydrogens is 198 g/mol. The Morgan fingerprint density at radius 2 is 2.27 bits per heavy atom. The molecule has 1 aromatic heterocycles. The van der Waals surface area contributed by atoms with Gasteiger partial charge in [-0.3, -0.25) is 14.6 Å². The molecule has 15 heavy (non-hydrogen) atoms. The molecule has 4 N–H and O–H groups in total. The molecule has 1 amide bonds. The SMILES string of the molecule is CN(CCN)C(=O)c1cc(O)[nH]c(=O)c1. The molecule has 0 radical (unpaired) electrons. The van der Waals surface area contributed by atoms with Crippen molar-refractivity contribution in [2.24, 2.45) is 5.73 Å². The zero-order valence-electron chi connectivity index (χ0n) is 8.36. The van der Waals surface area contributed by atoms with E-state index in [0.29, 0.717) is 13.1 Å². The van der Waals surface area contributed by atoms with E-state index in [1.165, 1.54) is 11.0 Å². The number of nitrogens with zero attached hydrogens (tertiary/aromatic N) is 1. The second-order valence-corrected chi connectivity index (χ2v) is 3.13. The van der Waals surface area contributed by atoms with Crippen LogP contribution in [0.15, 0.2) is 16.9 Å². The number of hydrogen-bond acceptors (Lipinski definition) is 4. The van der Waals surface area contributed by atoms with Crippen LogP contribution < -0.4 is 11.3 Å². The lowest BCUT2D eigenvalue weighted by atomic mass is 10.2. The van der Waals surface area contributed by atoms with E-state index in [-0.39, 0.29) is 17.4 Å². The van der Waals surface area contributed by atoms with Crippen molar-refractivity contribution in [3.63, 3.8) is 0 Å². The van der Waals surface area contributed by atoms with Gasteiger partial charge in [0.25, 0.3) is 11.5 Å². The number of amides is 1. The third kappa shape index (κ3) is 2.81. The molecule has 0 aliphatic rings. The molecule has 0 aliphatic carbocycles. The van der Waals surface area contributed by atoms with E-state index < -0.39 is 5.56 Å². The summed E-state index contributed by atoms with van der Waals surface area (Å²) in [5.74, 6) is -0.672. The minimum Gasteiger partial charge on any atom is -0.494 e. The predicted molar refractivity (Wildman–Crippen MR) is 54.7 cm³/mol. The van der Waals surface area contributed by atoms with Crippen LogP contribution in [0.3, 0.4) is 0 Å². The molecule has 0 saturated heterocycles. The number of pyridine rings is 1. The molecular formula is C9H13N3O3. The zero-order chi connectivity index (χ0) is 11.4. The number of aromatic amines is 1. The van der Waals surface area contributed by atoms with E-state index in [2.05, 4.69) is 4.98 Å². The molecule has 0 aromatic carbocycles. The molecule has 0 fully saturated rings. The molecule has 82 valence electrons. The van der Waals surface area contributed by atoms with Crippen LogP contribution in [-0.2, 0) is 0 Å². The van der Waals surface area contributed by atoms with Gasteiger partial charge in [-0.05, 0) is 0 Å². The summed E-state index contributed by atoms with van der Waals surface area (Å²) >= 11 is 0. The standard InChI is InChI=1S/C9H13N3O3/c1-12(3-2-10)9(15)6-4-7(13)11-8(14)5-6/h4-5H,2-3,10H2,1H3,(H2,11,13,14). The predicted octanol–water partition coefficient (Wildman–Crippen LogP) is -0.889. The van der Waals surface area contributed by atoms with Crippen LogP contribution >= 0.6 is 0 Å². The maximum Gasteiger partial charge on any atom is 0.254 e. The monoisotopic (exact) mass is 211 g/mol. The first-order chi connectivity index (χ1) is 7.04. The molecule has 6 nitrogen and oxygen atoms in total. The van der Waals surface area contributed by atoms with Gasteiger partial charge in [-0.25, -0.2) is 0 Å². The summed E-state index contributed by atoms with van der Waals surface area (Å²) in [7, 11) is 1.58. The first kappa shape index (κ1) is 11.3. The van der Waals surface area contributed by atoms with Crippen molar-refractivity contribution in [1.82, 2.24) is 9.88 Å². The van der Waals surface area contributed by atoms with Crippen LogP contribution in [0, 0.1) is 0 Å². The molecule has 0 aliphatic heterocycles. The molecule has 0 unspecified atom stereocenters. The van der Waals surface area contributed by atoms with E-state index in [4.69, 9.17) is 10.8 Å². The number of rotatable bonds is 3. The Bertz CT molecular complexity index is 413. The Hall–Kier alpha value is -1.82. The van der Waals surface area contributed by atoms with E-state index in [9.17, 15) is 9.59 Å². The highest BCUT2D eigenvalue weighted by atomic mass is 16.3. The average molecular weight is 211 g/mol. The van der Waals surface area contributed by atoms with Crippen molar-refractivity contribution in [2.75, 3.05) is 20.1 Å². The summed E-state index contributed by atoms with van der Waals surface area (Å²) < 4.78 is 0. The number of H-pyrrole nitrogens is 1. The molecule has 0 bridgehead atoms. The zero-order valence-corrected chi connectivity index (χ0v) is 8.36. The maximum absolute atomic E-state index is 11.6. The Morgan fingerprint density at radius 1 is 1.60 bits per heavy atom. The van der Waals surface area contributed by atoms with Gasteiger partial charge >= 0.3 is 0 Å². The lowest BCUT2D eigenvalue weighted by molar-refractivity contribution is 0.0798. The summed E-state index contributed by atoms with van der Waals surface area (Å²) in [6, 6.07) is 2.34. The molecule has 6 heteroatoms. The lowest BCUT2D eigenvalue weighted by Crippen LogP contribution is -2.32. The van der Waals surface area contributed by atoms with E-state index in [1.807, 2.05) is 0 Å². The van der Waals surface area contributed by atoms with Gasteiger partial charge in [-0.2, -0.15) is 0 Å². The molecule has 1 aromatic rings. The van der Waals surface area contributed by atoms with Crippen LogP contribution in [0.5, 0.6) is 5.88 Å². The fraction of sp³-hybridized carbons (Fsp3) is 0.333. The van der Waals surface area contributed by atoms with Crippen molar-refractivity contribution in [3.8, 4) is 5.88 Å². The first-order valence-electron chi connectivity index (χ1n) is 4.43. The highest BCUT2D eigenvalue weighted by molar-refractivity contribution is 5.94. The number of carbonyl (C=O) groups excluding carboxylic acids is 1. The van der Waals surface area contributed by atoms with Gasteiger partial charge in [0.05, 0.1) is 5.56 Å². The number of nitrogens with two attached hydrogens (primary N) is 1. The van der Waals surface area contributed by atoms with Crippen molar-refractivity contribution < 1.29 is 9.90 Å². The fourth-order valence-electron chi connectivity index (χ4n) is 1.17. The first-order valence-corrected chi connectivity index (χ1v) is 4.43. The molecule has 1 heterocycles. The van der Waals surface area contributed by atoms with Gasteiger partial charge in [0.15, 0.2) is 5.88 Å². The normalized spacial score (nSPS) is 10.0. The molecule has 1 rings (SSSR count). The Morgan fingerprint density at radius 3 is 2.80 bits per heavy atom.